The van der Waals surface area contributed by atoms with Gasteiger partial charge in [-0.3, -0.25) is 4.72 Å². The molecule has 2 nitrogen and oxygen atoms in total. The molecule has 0 atom stereocenters. The summed E-state index contributed by atoms with van der Waals surface area (Å²) in [5, 5.41) is 9.07. The molecule has 0 bridgehead atoms. The zero-order valence-corrected chi connectivity index (χ0v) is 6.20. The van der Waals surface area contributed by atoms with Gasteiger partial charge in [-0.2, -0.15) is 0 Å². The van der Waals surface area contributed by atoms with Crippen LogP contribution in [0.3, 0.4) is 0 Å². The van der Waals surface area contributed by atoms with E-state index < -0.39 is 5.60 Å². The van der Waals surface area contributed by atoms with Crippen LogP contribution in [0.1, 0.15) is 20.3 Å². The Hall–Kier alpha value is 0.270. The molecule has 2 N–H and O–H groups in total. The number of rotatable bonds is 3. The zero-order valence-electron chi connectivity index (χ0n) is 5.31. The summed E-state index contributed by atoms with van der Waals surface area (Å²) in [6.45, 7) is 4.29. The van der Waals surface area contributed by atoms with Crippen LogP contribution in [0.4, 0.5) is 0 Å². The van der Waals surface area contributed by atoms with Crippen molar-refractivity contribution in [2.75, 3.05) is 6.54 Å². The molecule has 0 aliphatic carbocycles. The van der Waals surface area contributed by atoms with Gasteiger partial charge >= 0.3 is 0 Å². The summed E-state index contributed by atoms with van der Waals surface area (Å²) in [5.74, 6) is 0. The van der Waals surface area contributed by atoms with Crippen LogP contribution >= 0.6 is 12.8 Å². The Bertz CT molecular complexity index is 59.9. The Morgan fingerprint density at radius 3 is 2.25 bits per heavy atom. The van der Waals surface area contributed by atoms with E-state index in [4.69, 9.17) is 5.11 Å². The molecule has 0 radical (unpaired) electrons. The molecular weight excluding hydrogens is 122 g/mol. The fourth-order valence-electron chi connectivity index (χ4n) is 0.362. The minimum atomic E-state index is -0.560. The molecule has 0 aliphatic rings. The van der Waals surface area contributed by atoms with E-state index in [0.29, 0.717) is 0 Å². The minimum absolute atomic E-state index is 0.560. The van der Waals surface area contributed by atoms with Gasteiger partial charge in [-0.25, -0.2) is 0 Å². The molecular formula is C5H13NOS. The molecule has 3 heteroatoms. The minimum Gasteiger partial charge on any atom is -0.390 e. The van der Waals surface area contributed by atoms with Crippen molar-refractivity contribution in [2.24, 2.45) is 0 Å². The molecule has 0 saturated carbocycles. The Morgan fingerprint density at radius 2 is 2.12 bits per heavy atom. The molecule has 0 rings (SSSR count). The first-order valence-corrected chi connectivity index (χ1v) is 3.10. The van der Waals surface area contributed by atoms with E-state index >= 15 is 0 Å². The second-order valence-corrected chi connectivity index (χ2v) is 2.79. The summed E-state index contributed by atoms with van der Waals surface area (Å²) in [7, 11) is 0. The highest BCUT2D eigenvalue weighted by Crippen LogP contribution is 2.04. The Labute approximate surface area is 55.8 Å². The fraction of sp³-hybridized carbons (Fsp3) is 1.00. The van der Waals surface area contributed by atoms with Crippen LogP contribution in [0.5, 0.6) is 0 Å². The number of aliphatic hydroxyl groups is 1. The maximum absolute atomic E-state index is 9.07. The number of hydrogen-bond acceptors (Lipinski definition) is 3. The van der Waals surface area contributed by atoms with E-state index in [2.05, 4.69) is 17.5 Å². The van der Waals surface area contributed by atoms with Crippen LogP contribution in [0.25, 0.3) is 0 Å². The first-order valence-electron chi connectivity index (χ1n) is 2.65. The molecule has 0 spiro atoms. The van der Waals surface area contributed by atoms with Gasteiger partial charge in [0.25, 0.3) is 0 Å². The highest BCUT2D eigenvalue weighted by atomic mass is 32.1. The molecule has 0 fully saturated rings. The van der Waals surface area contributed by atoms with E-state index in [1.807, 2.05) is 0 Å². The second-order valence-electron chi connectivity index (χ2n) is 2.47. The Morgan fingerprint density at radius 1 is 1.62 bits per heavy atom. The molecule has 0 aromatic heterocycles. The van der Waals surface area contributed by atoms with Crippen molar-refractivity contribution in [3.8, 4) is 0 Å². The standard InChI is InChI=1S/C5H13NOS/c1-5(2,7)3-4-6-8/h6-8H,3-4H2,1-2H3. The zero-order chi connectivity index (χ0) is 6.62. The van der Waals surface area contributed by atoms with Gasteiger partial charge in [-0.1, -0.05) is 12.8 Å². The average molecular weight is 135 g/mol. The third-order valence-electron chi connectivity index (χ3n) is 0.849. The molecule has 0 heterocycles. The average Bonchev–Trinajstić information content (AvgIpc) is 1.59. The van der Waals surface area contributed by atoms with Gasteiger partial charge in [0.1, 0.15) is 0 Å². The van der Waals surface area contributed by atoms with Gasteiger partial charge in [0.15, 0.2) is 0 Å². The second kappa shape index (κ2) is 3.33. The maximum Gasteiger partial charge on any atom is 0.0604 e. The molecule has 0 aromatic rings. The lowest BCUT2D eigenvalue weighted by Gasteiger charge is -2.15. The predicted molar refractivity (Wildman–Crippen MR) is 37.9 cm³/mol. The lowest BCUT2D eigenvalue weighted by atomic mass is 10.1. The van der Waals surface area contributed by atoms with E-state index in [1.54, 1.807) is 13.8 Å². The fourth-order valence-corrected chi connectivity index (χ4v) is 0.474. The largest absolute Gasteiger partial charge is 0.390 e. The van der Waals surface area contributed by atoms with Crippen molar-refractivity contribution in [1.82, 2.24) is 4.72 Å². The van der Waals surface area contributed by atoms with Crippen LogP contribution in [0, 0.1) is 0 Å². The Kier molecular flexibility index (Phi) is 3.44. The highest BCUT2D eigenvalue weighted by molar-refractivity contribution is 7.78. The molecule has 0 aromatic carbocycles. The molecule has 0 unspecified atom stereocenters. The van der Waals surface area contributed by atoms with Gasteiger partial charge in [0.05, 0.1) is 5.60 Å². The number of hydrogen-bond donors (Lipinski definition) is 3. The summed E-state index contributed by atoms with van der Waals surface area (Å²) in [6, 6.07) is 0. The third kappa shape index (κ3) is 6.27. The smallest absolute Gasteiger partial charge is 0.0604 e. The van der Waals surface area contributed by atoms with Crippen molar-refractivity contribution >= 4 is 12.8 Å². The summed E-state index contributed by atoms with van der Waals surface area (Å²) in [4.78, 5) is 0. The van der Waals surface area contributed by atoms with Crippen molar-refractivity contribution in [1.29, 1.82) is 0 Å². The predicted octanol–water partition coefficient (Wildman–Crippen LogP) is 0.582. The van der Waals surface area contributed by atoms with Gasteiger partial charge in [-0.15, -0.1) is 0 Å². The topological polar surface area (TPSA) is 32.3 Å². The van der Waals surface area contributed by atoms with E-state index in [9.17, 15) is 0 Å². The Balaban J connectivity index is 3.11. The third-order valence-corrected chi connectivity index (χ3v) is 1.07. The molecule has 0 amide bonds. The first kappa shape index (κ1) is 8.27. The summed E-state index contributed by atoms with van der Waals surface area (Å²) < 4.78 is 2.66. The number of thiol groups is 1. The van der Waals surface area contributed by atoms with Crippen molar-refractivity contribution in [3.63, 3.8) is 0 Å². The van der Waals surface area contributed by atoms with Crippen molar-refractivity contribution in [3.05, 3.63) is 0 Å². The van der Waals surface area contributed by atoms with Gasteiger partial charge in [0, 0.05) is 6.54 Å². The van der Waals surface area contributed by atoms with E-state index in [0.717, 1.165) is 13.0 Å². The van der Waals surface area contributed by atoms with Gasteiger partial charge in [0.2, 0.25) is 0 Å². The van der Waals surface area contributed by atoms with E-state index in [1.165, 1.54) is 0 Å². The van der Waals surface area contributed by atoms with Crippen LogP contribution in [0.15, 0.2) is 0 Å². The monoisotopic (exact) mass is 135 g/mol. The SMILES string of the molecule is CC(C)(O)CCNS. The van der Waals surface area contributed by atoms with Gasteiger partial charge in [-0.05, 0) is 20.3 Å². The first-order chi connectivity index (χ1) is 3.56. The van der Waals surface area contributed by atoms with Gasteiger partial charge < -0.3 is 5.11 Å². The lowest BCUT2D eigenvalue weighted by molar-refractivity contribution is 0.0729. The van der Waals surface area contributed by atoms with Crippen molar-refractivity contribution in [2.45, 2.75) is 25.9 Å². The molecule has 0 saturated heterocycles. The summed E-state index contributed by atoms with van der Waals surface area (Å²) in [6.07, 6.45) is 0.733. The van der Waals surface area contributed by atoms with Crippen LogP contribution < -0.4 is 4.72 Å². The molecule has 50 valence electrons. The summed E-state index contributed by atoms with van der Waals surface area (Å²) >= 11 is 3.77. The van der Waals surface area contributed by atoms with Crippen molar-refractivity contribution < 1.29 is 5.11 Å². The number of nitrogens with one attached hydrogen (secondary N) is 1. The molecule has 0 aliphatic heterocycles. The normalized spacial score (nSPS) is 12.0. The molecule has 8 heavy (non-hydrogen) atoms. The van der Waals surface area contributed by atoms with Crippen LogP contribution in [0.2, 0.25) is 0 Å². The quantitative estimate of drug-likeness (QED) is 0.495. The van der Waals surface area contributed by atoms with Crippen LogP contribution in [-0.2, 0) is 0 Å². The lowest BCUT2D eigenvalue weighted by Crippen LogP contribution is -2.22. The maximum atomic E-state index is 9.07. The highest BCUT2D eigenvalue weighted by Gasteiger charge is 2.09. The summed E-state index contributed by atoms with van der Waals surface area (Å²) in [5.41, 5.74) is -0.560. The van der Waals surface area contributed by atoms with Crippen LogP contribution in [-0.4, -0.2) is 17.3 Å². The van der Waals surface area contributed by atoms with E-state index in [-0.39, 0.29) is 0 Å².